The van der Waals surface area contributed by atoms with Gasteiger partial charge >= 0.3 is 0 Å². The van der Waals surface area contributed by atoms with Crippen LogP contribution in [-0.4, -0.2) is 29.7 Å². The highest BCUT2D eigenvalue weighted by atomic mass is 16.3. The van der Waals surface area contributed by atoms with Crippen LogP contribution < -0.4 is 10.6 Å². The molecule has 3 N–H and O–H groups in total. The van der Waals surface area contributed by atoms with Crippen molar-refractivity contribution in [3.63, 3.8) is 0 Å². The molecule has 0 heterocycles. The molecule has 4 nitrogen and oxygen atoms in total. The van der Waals surface area contributed by atoms with Crippen molar-refractivity contribution in [3.8, 4) is 0 Å². The molecule has 0 bridgehead atoms. The molecule has 0 aromatic heterocycles. The smallest absolute Gasteiger partial charge is 0.251 e. The van der Waals surface area contributed by atoms with Crippen LogP contribution in [0.3, 0.4) is 0 Å². The summed E-state index contributed by atoms with van der Waals surface area (Å²) in [6, 6.07) is 8.02. The van der Waals surface area contributed by atoms with Crippen molar-refractivity contribution in [1.29, 1.82) is 0 Å². The minimum Gasteiger partial charge on any atom is -0.393 e. The molecule has 1 aliphatic carbocycles. The van der Waals surface area contributed by atoms with Crippen molar-refractivity contribution >= 4 is 11.6 Å². The molecule has 0 saturated heterocycles. The molecule has 0 radical (unpaired) electrons. The zero-order valence-corrected chi connectivity index (χ0v) is 12.1. The maximum absolute atomic E-state index is 11.9. The first kappa shape index (κ1) is 14.9. The molecular formula is C16H24N2O2. The van der Waals surface area contributed by atoms with Gasteiger partial charge in [-0.15, -0.1) is 0 Å². The summed E-state index contributed by atoms with van der Waals surface area (Å²) in [6.07, 6.45) is 4.47. The minimum atomic E-state index is -0.140. The monoisotopic (exact) mass is 276 g/mol. The van der Waals surface area contributed by atoms with Gasteiger partial charge in [0.25, 0.3) is 5.91 Å². The highest BCUT2D eigenvalue weighted by Gasteiger charge is 2.19. The summed E-state index contributed by atoms with van der Waals surface area (Å²) >= 11 is 0. The quantitative estimate of drug-likeness (QED) is 0.774. The van der Waals surface area contributed by atoms with Crippen LogP contribution in [0.1, 0.15) is 49.4 Å². The molecule has 1 aromatic rings. The predicted molar refractivity (Wildman–Crippen MR) is 81.0 cm³/mol. The lowest BCUT2D eigenvalue weighted by Crippen LogP contribution is -2.28. The number of hydrogen-bond donors (Lipinski definition) is 3. The second-order valence-electron chi connectivity index (χ2n) is 5.49. The average Bonchev–Trinajstić information content (AvgIpc) is 2.47. The number of nitrogens with one attached hydrogen (secondary N) is 2. The van der Waals surface area contributed by atoms with Gasteiger partial charge in [-0.05, 0) is 50.3 Å². The summed E-state index contributed by atoms with van der Waals surface area (Å²) < 4.78 is 0. The van der Waals surface area contributed by atoms with Crippen LogP contribution in [0.2, 0.25) is 0 Å². The normalized spacial score (nSPS) is 22.3. The van der Waals surface area contributed by atoms with E-state index in [2.05, 4.69) is 10.6 Å². The van der Waals surface area contributed by atoms with Crippen LogP contribution >= 0.6 is 0 Å². The van der Waals surface area contributed by atoms with E-state index in [-0.39, 0.29) is 12.0 Å². The summed E-state index contributed by atoms with van der Waals surface area (Å²) in [5.41, 5.74) is 1.68. The molecule has 0 aliphatic heterocycles. The Kier molecular flexibility index (Phi) is 5.41. The molecule has 1 fully saturated rings. The maximum Gasteiger partial charge on any atom is 0.251 e. The van der Waals surface area contributed by atoms with Crippen molar-refractivity contribution in [2.24, 2.45) is 0 Å². The number of carbonyl (C=O) groups excluding carboxylic acids is 1. The Balaban J connectivity index is 1.93. The number of anilines is 1. The molecule has 0 atom stereocenters. The van der Waals surface area contributed by atoms with Gasteiger partial charge in [0.05, 0.1) is 6.10 Å². The van der Waals surface area contributed by atoms with Crippen LogP contribution in [0.5, 0.6) is 0 Å². The van der Waals surface area contributed by atoms with E-state index in [1.165, 1.54) is 0 Å². The molecule has 0 spiro atoms. The lowest BCUT2D eigenvalue weighted by Gasteiger charge is -2.27. The third-order valence-electron chi connectivity index (χ3n) is 3.73. The Hall–Kier alpha value is -1.55. The first-order chi connectivity index (χ1) is 9.69. The molecule has 20 heavy (non-hydrogen) atoms. The Labute approximate surface area is 120 Å². The fourth-order valence-corrected chi connectivity index (χ4v) is 2.55. The standard InChI is InChI=1S/C16H24N2O2/c1-2-10-17-16(20)12-4-3-5-14(11-12)18-13-6-8-15(19)9-7-13/h3-5,11,13,15,18-19H,2,6-10H2,1H3,(H,17,20). The van der Waals surface area contributed by atoms with E-state index in [1.807, 2.05) is 31.2 Å². The van der Waals surface area contributed by atoms with Crippen molar-refractivity contribution in [3.05, 3.63) is 29.8 Å². The second kappa shape index (κ2) is 7.29. The third kappa shape index (κ3) is 4.23. The molecule has 2 rings (SSSR count). The number of hydrogen-bond acceptors (Lipinski definition) is 3. The second-order valence-corrected chi connectivity index (χ2v) is 5.49. The molecule has 1 amide bonds. The summed E-state index contributed by atoms with van der Waals surface area (Å²) in [5.74, 6) is -0.0189. The summed E-state index contributed by atoms with van der Waals surface area (Å²) in [5, 5.41) is 15.9. The molecule has 1 aliphatic rings. The SMILES string of the molecule is CCCNC(=O)c1cccc(NC2CCC(O)CC2)c1. The van der Waals surface area contributed by atoms with E-state index in [0.717, 1.165) is 37.8 Å². The lowest BCUT2D eigenvalue weighted by atomic mass is 9.93. The Morgan fingerprint density at radius 3 is 2.75 bits per heavy atom. The van der Waals surface area contributed by atoms with Crippen molar-refractivity contribution < 1.29 is 9.90 Å². The van der Waals surface area contributed by atoms with Crippen LogP contribution in [0, 0.1) is 0 Å². The predicted octanol–water partition coefficient (Wildman–Crippen LogP) is 2.54. The van der Waals surface area contributed by atoms with E-state index >= 15 is 0 Å². The first-order valence-corrected chi connectivity index (χ1v) is 7.52. The van der Waals surface area contributed by atoms with Crippen molar-refractivity contribution in [1.82, 2.24) is 5.32 Å². The van der Waals surface area contributed by atoms with E-state index in [4.69, 9.17) is 0 Å². The average molecular weight is 276 g/mol. The topological polar surface area (TPSA) is 61.4 Å². The number of carbonyl (C=O) groups is 1. The maximum atomic E-state index is 11.9. The molecule has 4 heteroatoms. The van der Waals surface area contributed by atoms with Crippen molar-refractivity contribution in [2.75, 3.05) is 11.9 Å². The fourth-order valence-electron chi connectivity index (χ4n) is 2.55. The van der Waals surface area contributed by atoms with Gasteiger partial charge in [0.1, 0.15) is 0 Å². The van der Waals surface area contributed by atoms with Gasteiger partial charge in [0.2, 0.25) is 0 Å². The highest BCUT2D eigenvalue weighted by molar-refractivity contribution is 5.95. The van der Waals surface area contributed by atoms with Gasteiger partial charge in [-0.25, -0.2) is 0 Å². The fraction of sp³-hybridized carbons (Fsp3) is 0.562. The molecule has 0 unspecified atom stereocenters. The lowest BCUT2D eigenvalue weighted by molar-refractivity contribution is 0.0953. The van der Waals surface area contributed by atoms with Crippen LogP contribution in [0.4, 0.5) is 5.69 Å². The van der Waals surface area contributed by atoms with Crippen LogP contribution in [0.15, 0.2) is 24.3 Å². The van der Waals surface area contributed by atoms with Gasteiger partial charge in [0, 0.05) is 23.8 Å². The summed E-state index contributed by atoms with van der Waals surface area (Å²) in [7, 11) is 0. The van der Waals surface area contributed by atoms with Crippen LogP contribution in [-0.2, 0) is 0 Å². The zero-order chi connectivity index (χ0) is 14.4. The van der Waals surface area contributed by atoms with Gasteiger partial charge in [-0.2, -0.15) is 0 Å². The van der Waals surface area contributed by atoms with Gasteiger partial charge in [-0.1, -0.05) is 13.0 Å². The van der Waals surface area contributed by atoms with Crippen molar-refractivity contribution in [2.45, 2.75) is 51.2 Å². The van der Waals surface area contributed by atoms with Gasteiger partial charge < -0.3 is 15.7 Å². The Morgan fingerprint density at radius 2 is 2.05 bits per heavy atom. The summed E-state index contributed by atoms with van der Waals surface area (Å²) in [6.45, 7) is 2.74. The van der Waals surface area contributed by atoms with E-state index in [1.54, 1.807) is 0 Å². The highest BCUT2D eigenvalue weighted by Crippen LogP contribution is 2.22. The zero-order valence-electron chi connectivity index (χ0n) is 12.1. The molecular weight excluding hydrogens is 252 g/mol. The number of aliphatic hydroxyl groups excluding tert-OH is 1. The molecule has 1 saturated carbocycles. The molecule has 1 aromatic carbocycles. The van der Waals surface area contributed by atoms with E-state index in [9.17, 15) is 9.90 Å². The number of rotatable bonds is 5. The van der Waals surface area contributed by atoms with Crippen LogP contribution in [0.25, 0.3) is 0 Å². The number of aliphatic hydroxyl groups is 1. The molecule has 110 valence electrons. The Morgan fingerprint density at radius 1 is 1.30 bits per heavy atom. The Bertz CT molecular complexity index is 440. The largest absolute Gasteiger partial charge is 0.393 e. The van der Waals surface area contributed by atoms with Gasteiger partial charge in [0.15, 0.2) is 0 Å². The first-order valence-electron chi connectivity index (χ1n) is 7.52. The third-order valence-corrected chi connectivity index (χ3v) is 3.73. The van der Waals surface area contributed by atoms with E-state index in [0.29, 0.717) is 18.2 Å². The summed E-state index contributed by atoms with van der Waals surface area (Å²) in [4.78, 5) is 11.9. The van der Waals surface area contributed by atoms with Gasteiger partial charge in [-0.3, -0.25) is 4.79 Å². The number of amides is 1. The van der Waals surface area contributed by atoms with E-state index < -0.39 is 0 Å². The minimum absolute atomic E-state index is 0.0189. The number of benzene rings is 1.